The molecule has 3 fully saturated rings. The molecule has 4 aliphatic carbocycles. The summed E-state index contributed by atoms with van der Waals surface area (Å²) in [6.45, 7) is 6.15. The molecule has 0 aromatic carbocycles. The summed E-state index contributed by atoms with van der Waals surface area (Å²) >= 11 is 0. The Hall–Kier alpha value is -0.940. The van der Waals surface area contributed by atoms with Gasteiger partial charge in [-0.2, -0.15) is 0 Å². The van der Waals surface area contributed by atoms with Crippen LogP contribution in [-0.4, -0.2) is 39.9 Å². The molecule has 0 amide bonds. The van der Waals surface area contributed by atoms with Crippen LogP contribution in [0.2, 0.25) is 0 Å². The van der Waals surface area contributed by atoms with E-state index in [2.05, 4.69) is 19.6 Å². The maximum absolute atomic E-state index is 10.6. The third kappa shape index (κ3) is 2.66. The lowest BCUT2D eigenvalue weighted by Gasteiger charge is -2.51. The molecule has 0 aromatic rings. The summed E-state index contributed by atoms with van der Waals surface area (Å²) in [5.41, 5.74) is 2.45. The molecule has 0 heterocycles. The van der Waals surface area contributed by atoms with Gasteiger partial charge in [-0.25, -0.2) is 0 Å². The van der Waals surface area contributed by atoms with E-state index in [1.165, 1.54) is 11.1 Å². The summed E-state index contributed by atoms with van der Waals surface area (Å²) in [4.78, 5) is 0. The number of aliphatic hydroxyl groups is 3. The summed E-state index contributed by atoms with van der Waals surface area (Å²) in [5.74, 6) is 0.188. The fraction of sp³-hybridized carbons (Fsp3) is 0.714. The van der Waals surface area contributed by atoms with Crippen molar-refractivity contribution in [3.63, 3.8) is 0 Å². The van der Waals surface area contributed by atoms with Crippen LogP contribution < -0.4 is 0 Å². The standard InChI is InChI=1S/C21H30O4/c1-3-10-25-21(24)9-7-14-13(12-21)4-5-16-15(14)6-8-20(2)17(16)11-18(22)19(20)23/h3,7,12,15-19,22-24H,1,4-6,8-11H2,2H3/t15-,16-,17+,18-,19+,20+,21?/m1/s1. The van der Waals surface area contributed by atoms with Crippen LogP contribution in [0.1, 0.15) is 45.4 Å². The van der Waals surface area contributed by atoms with Gasteiger partial charge in [-0.3, -0.25) is 0 Å². The molecule has 3 N–H and O–H groups in total. The van der Waals surface area contributed by atoms with Crippen LogP contribution in [0.25, 0.3) is 0 Å². The van der Waals surface area contributed by atoms with Gasteiger partial charge in [0.15, 0.2) is 5.79 Å². The molecule has 0 aromatic heterocycles. The number of aliphatic hydroxyl groups excluding tert-OH is 2. The van der Waals surface area contributed by atoms with E-state index in [1.54, 1.807) is 6.08 Å². The van der Waals surface area contributed by atoms with E-state index >= 15 is 0 Å². The molecule has 0 aliphatic heterocycles. The highest BCUT2D eigenvalue weighted by molar-refractivity contribution is 5.41. The second kappa shape index (κ2) is 6.05. The molecule has 7 atom stereocenters. The van der Waals surface area contributed by atoms with Gasteiger partial charge in [0, 0.05) is 6.42 Å². The topological polar surface area (TPSA) is 69.9 Å². The van der Waals surface area contributed by atoms with Crippen molar-refractivity contribution in [1.29, 1.82) is 0 Å². The lowest BCUT2D eigenvalue weighted by Crippen LogP contribution is -2.46. The van der Waals surface area contributed by atoms with Gasteiger partial charge in [-0.05, 0) is 72.5 Å². The van der Waals surface area contributed by atoms with Crippen LogP contribution in [-0.2, 0) is 4.74 Å². The van der Waals surface area contributed by atoms with E-state index in [1.807, 2.05) is 6.08 Å². The van der Waals surface area contributed by atoms with Gasteiger partial charge in [0.1, 0.15) is 0 Å². The van der Waals surface area contributed by atoms with Crippen molar-refractivity contribution < 1.29 is 20.1 Å². The molecule has 138 valence electrons. The number of hydrogen-bond donors (Lipinski definition) is 3. The first-order chi connectivity index (χ1) is 11.9. The van der Waals surface area contributed by atoms with Crippen molar-refractivity contribution in [1.82, 2.24) is 0 Å². The molecular formula is C21H30O4. The lowest BCUT2D eigenvalue weighted by atomic mass is 9.54. The van der Waals surface area contributed by atoms with Crippen LogP contribution in [0.5, 0.6) is 0 Å². The molecule has 25 heavy (non-hydrogen) atoms. The maximum atomic E-state index is 10.6. The van der Waals surface area contributed by atoms with E-state index in [9.17, 15) is 15.3 Å². The SMILES string of the molecule is C=CCOC1(O)C=C2CC[C@@H]3[C@H](CC[C@]4(C)[C@@H](O)[C@H](O)C[C@@H]34)C2=CC1. The fourth-order valence-corrected chi connectivity index (χ4v) is 6.10. The summed E-state index contributed by atoms with van der Waals surface area (Å²) in [7, 11) is 0. The molecule has 0 saturated heterocycles. The van der Waals surface area contributed by atoms with Gasteiger partial charge >= 0.3 is 0 Å². The Labute approximate surface area is 149 Å². The van der Waals surface area contributed by atoms with Gasteiger partial charge in [-0.1, -0.05) is 19.1 Å². The number of rotatable bonds is 3. The van der Waals surface area contributed by atoms with Gasteiger partial charge < -0.3 is 20.1 Å². The number of hydrogen-bond acceptors (Lipinski definition) is 4. The highest BCUT2D eigenvalue weighted by Gasteiger charge is 2.58. The van der Waals surface area contributed by atoms with E-state index in [0.717, 1.165) is 32.1 Å². The van der Waals surface area contributed by atoms with Crippen LogP contribution in [0.4, 0.5) is 0 Å². The normalized spacial score (nSPS) is 48.7. The predicted molar refractivity (Wildman–Crippen MR) is 95.6 cm³/mol. The average molecular weight is 346 g/mol. The lowest BCUT2D eigenvalue weighted by molar-refractivity contribution is -0.157. The first-order valence-corrected chi connectivity index (χ1v) is 9.63. The zero-order valence-electron chi connectivity index (χ0n) is 15.0. The van der Waals surface area contributed by atoms with E-state index < -0.39 is 18.0 Å². The van der Waals surface area contributed by atoms with E-state index in [4.69, 9.17) is 4.74 Å². The zero-order chi connectivity index (χ0) is 17.8. The van der Waals surface area contributed by atoms with Crippen molar-refractivity contribution >= 4 is 0 Å². The van der Waals surface area contributed by atoms with Crippen LogP contribution in [0.15, 0.2) is 36.0 Å². The molecule has 3 saturated carbocycles. The molecule has 4 aliphatic rings. The smallest absolute Gasteiger partial charge is 0.189 e. The molecule has 1 unspecified atom stereocenters. The number of fused-ring (bicyclic) bond motifs is 5. The Morgan fingerprint density at radius 3 is 2.92 bits per heavy atom. The second-order valence-electron chi connectivity index (χ2n) is 8.69. The average Bonchev–Trinajstić information content (AvgIpc) is 2.83. The monoisotopic (exact) mass is 346 g/mol. The minimum atomic E-state index is -1.21. The largest absolute Gasteiger partial charge is 0.390 e. The van der Waals surface area contributed by atoms with Crippen LogP contribution >= 0.6 is 0 Å². The van der Waals surface area contributed by atoms with Crippen LogP contribution in [0, 0.1) is 23.2 Å². The van der Waals surface area contributed by atoms with Crippen LogP contribution in [0.3, 0.4) is 0 Å². The summed E-state index contributed by atoms with van der Waals surface area (Å²) in [6, 6.07) is 0. The molecule has 4 heteroatoms. The zero-order valence-corrected chi connectivity index (χ0v) is 15.0. The summed E-state index contributed by atoms with van der Waals surface area (Å²) < 4.78 is 5.57. The van der Waals surface area contributed by atoms with Gasteiger partial charge in [-0.15, -0.1) is 6.58 Å². The quantitative estimate of drug-likeness (QED) is 0.543. The van der Waals surface area contributed by atoms with Crippen molar-refractivity contribution in [2.45, 2.75) is 63.4 Å². The number of ether oxygens (including phenoxy) is 1. The molecule has 4 rings (SSSR count). The molecule has 4 nitrogen and oxygen atoms in total. The fourth-order valence-electron chi connectivity index (χ4n) is 6.10. The molecule has 0 radical (unpaired) electrons. The first kappa shape index (κ1) is 17.5. The highest BCUT2D eigenvalue weighted by Crippen LogP contribution is 2.61. The highest BCUT2D eigenvalue weighted by atomic mass is 16.6. The van der Waals surface area contributed by atoms with Crippen molar-refractivity contribution in [2.75, 3.05) is 6.61 Å². The Bertz CT molecular complexity index is 623. The van der Waals surface area contributed by atoms with Gasteiger partial charge in [0.25, 0.3) is 0 Å². The molecule has 0 spiro atoms. The minimum absolute atomic E-state index is 0.148. The van der Waals surface area contributed by atoms with E-state index in [0.29, 0.717) is 30.8 Å². The molecular weight excluding hydrogens is 316 g/mol. The van der Waals surface area contributed by atoms with Crippen molar-refractivity contribution in [3.8, 4) is 0 Å². The Morgan fingerprint density at radius 1 is 1.36 bits per heavy atom. The Balaban J connectivity index is 1.57. The summed E-state index contributed by atoms with van der Waals surface area (Å²) in [5, 5.41) is 31.4. The second-order valence-corrected chi connectivity index (χ2v) is 8.69. The Kier molecular flexibility index (Phi) is 4.23. The predicted octanol–water partition coefficient (Wildman–Crippen LogP) is 2.70. The molecule has 0 bridgehead atoms. The summed E-state index contributed by atoms with van der Waals surface area (Å²) in [6.07, 6.45) is 9.77. The maximum Gasteiger partial charge on any atom is 0.189 e. The van der Waals surface area contributed by atoms with Gasteiger partial charge in [0.05, 0.1) is 18.8 Å². The van der Waals surface area contributed by atoms with E-state index in [-0.39, 0.29) is 5.41 Å². The Morgan fingerprint density at radius 2 is 2.16 bits per heavy atom. The van der Waals surface area contributed by atoms with Gasteiger partial charge in [0.2, 0.25) is 0 Å². The van der Waals surface area contributed by atoms with Crippen molar-refractivity contribution in [2.24, 2.45) is 23.2 Å². The first-order valence-electron chi connectivity index (χ1n) is 9.63. The number of allylic oxidation sites excluding steroid dienone is 2. The minimum Gasteiger partial charge on any atom is -0.390 e. The van der Waals surface area contributed by atoms with Crippen molar-refractivity contribution in [3.05, 3.63) is 36.0 Å². The third-order valence-electron chi connectivity index (χ3n) is 7.39. The third-order valence-corrected chi connectivity index (χ3v) is 7.39.